The van der Waals surface area contributed by atoms with E-state index in [1.807, 2.05) is 12.1 Å². The molecule has 2 aromatic carbocycles. The quantitative estimate of drug-likeness (QED) is 0.557. The predicted molar refractivity (Wildman–Crippen MR) is 116 cm³/mol. The van der Waals surface area contributed by atoms with Crippen LogP contribution in [0.25, 0.3) is 11.1 Å². The maximum absolute atomic E-state index is 13.3. The van der Waals surface area contributed by atoms with E-state index in [2.05, 4.69) is 15.7 Å². The highest BCUT2D eigenvalue weighted by Crippen LogP contribution is 2.39. The van der Waals surface area contributed by atoms with Crippen LogP contribution in [0.2, 0.25) is 10.0 Å². The Kier molecular flexibility index (Phi) is 5.95. The lowest BCUT2D eigenvalue weighted by molar-refractivity contribution is -0.123. The van der Waals surface area contributed by atoms with E-state index in [4.69, 9.17) is 27.9 Å². The fourth-order valence-corrected chi connectivity index (χ4v) is 3.74. The van der Waals surface area contributed by atoms with Crippen LogP contribution in [0.4, 0.5) is 15.9 Å². The molecule has 0 spiro atoms. The van der Waals surface area contributed by atoms with E-state index in [0.717, 1.165) is 11.6 Å². The van der Waals surface area contributed by atoms with E-state index >= 15 is 0 Å². The van der Waals surface area contributed by atoms with E-state index in [9.17, 15) is 14.0 Å². The van der Waals surface area contributed by atoms with Crippen molar-refractivity contribution in [3.63, 3.8) is 0 Å². The summed E-state index contributed by atoms with van der Waals surface area (Å²) in [6.07, 6.45) is -0.165. The molecule has 10 heteroatoms. The minimum atomic E-state index is -0.845. The molecule has 0 saturated carbocycles. The lowest BCUT2D eigenvalue weighted by atomic mass is 10.1. The average molecular weight is 463 g/mol. The lowest BCUT2D eigenvalue weighted by Gasteiger charge is -2.10. The molecule has 0 fully saturated rings. The third kappa shape index (κ3) is 4.27. The van der Waals surface area contributed by atoms with Gasteiger partial charge in [0.25, 0.3) is 5.91 Å². The van der Waals surface area contributed by atoms with E-state index in [-0.39, 0.29) is 24.0 Å². The fourth-order valence-electron chi connectivity index (χ4n) is 3.44. The van der Waals surface area contributed by atoms with Crippen molar-refractivity contribution in [3.05, 3.63) is 64.0 Å². The molecule has 0 bridgehead atoms. The van der Waals surface area contributed by atoms with E-state index in [0.29, 0.717) is 27.8 Å². The molecule has 0 aliphatic carbocycles. The van der Waals surface area contributed by atoms with Crippen molar-refractivity contribution in [2.24, 2.45) is 0 Å². The minimum Gasteiger partial charge on any atom is -0.378 e. The topological polar surface area (TPSA) is 85.2 Å². The van der Waals surface area contributed by atoms with Crippen molar-refractivity contribution >= 4 is 46.5 Å². The number of benzene rings is 2. The minimum absolute atomic E-state index is 0.109. The standard InChI is InChI=1S/C21H17Cl2FN4O3/c1-31-10-16-19(11-2-4-12(22)5-3-11)20-26-21(30)17(28(20)27-16)9-18(29)25-13-6-7-15(24)14(23)8-13/h2-8,17H,9-10H2,1H3,(H,25,29)(H,26,30). The zero-order valence-corrected chi connectivity index (χ0v) is 17.8. The number of nitrogens with one attached hydrogen (secondary N) is 2. The number of halogens is 3. The van der Waals surface area contributed by atoms with Gasteiger partial charge in [-0.25, -0.2) is 9.07 Å². The van der Waals surface area contributed by atoms with Crippen LogP contribution in [0.3, 0.4) is 0 Å². The molecule has 31 heavy (non-hydrogen) atoms. The maximum Gasteiger partial charge on any atom is 0.251 e. The number of rotatable bonds is 6. The number of fused-ring (bicyclic) bond motifs is 1. The Morgan fingerprint density at radius 3 is 2.68 bits per heavy atom. The van der Waals surface area contributed by atoms with Crippen molar-refractivity contribution in [2.45, 2.75) is 19.1 Å². The van der Waals surface area contributed by atoms with Gasteiger partial charge in [-0.1, -0.05) is 35.3 Å². The number of methoxy groups -OCH3 is 1. The molecule has 7 nitrogen and oxygen atoms in total. The van der Waals surface area contributed by atoms with Crippen LogP contribution in [0.15, 0.2) is 42.5 Å². The van der Waals surface area contributed by atoms with Crippen molar-refractivity contribution in [3.8, 4) is 11.1 Å². The van der Waals surface area contributed by atoms with Crippen LogP contribution in [0.5, 0.6) is 0 Å². The largest absolute Gasteiger partial charge is 0.378 e. The molecule has 1 aliphatic heterocycles. The van der Waals surface area contributed by atoms with Crippen LogP contribution in [-0.4, -0.2) is 28.7 Å². The summed E-state index contributed by atoms with van der Waals surface area (Å²) in [6, 6.07) is 10.1. The summed E-state index contributed by atoms with van der Waals surface area (Å²) in [4.78, 5) is 25.1. The molecule has 3 aromatic rings. The van der Waals surface area contributed by atoms with Crippen LogP contribution in [0, 0.1) is 5.82 Å². The summed E-state index contributed by atoms with van der Waals surface area (Å²) >= 11 is 11.7. The van der Waals surface area contributed by atoms with Gasteiger partial charge in [-0.2, -0.15) is 5.10 Å². The fraction of sp³-hybridized carbons (Fsp3) is 0.190. The zero-order valence-electron chi connectivity index (χ0n) is 16.3. The first-order valence-electron chi connectivity index (χ1n) is 9.29. The maximum atomic E-state index is 13.3. The first-order chi connectivity index (χ1) is 14.9. The zero-order chi connectivity index (χ0) is 22.1. The summed E-state index contributed by atoms with van der Waals surface area (Å²) in [5, 5.41) is 10.4. The molecule has 1 atom stereocenters. The third-order valence-corrected chi connectivity index (χ3v) is 5.36. The van der Waals surface area contributed by atoms with Crippen LogP contribution >= 0.6 is 23.2 Å². The molecule has 160 valence electrons. The first-order valence-corrected chi connectivity index (χ1v) is 10.0. The second-order valence-corrected chi connectivity index (χ2v) is 7.78. The van der Waals surface area contributed by atoms with Gasteiger partial charge < -0.3 is 15.4 Å². The molecule has 2 heterocycles. The summed E-state index contributed by atoms with van der Waals surface area (Å²) in [6.45, 7) is 0.223. The monoisotopic (exact) mass is 462 g/mol. The molecule has 1 unspecified atom stereocenters. The molecule has 2 amide bonds. The number of amides is 2. The molecule has 0 saturated heterocycles. The molecular weight excluding hydrogens is 446 g/mol. The molecular formula is C21H17Cl2FN4O3. The predicted octanol–water partition coefficient (Wildman–Crippen LogP) is 4.66. The molecule has 1 aromatic heterocycles. The lowest BCUT2D eigenvalue weighted by Crippen LogP contribution is -2.24. The Morgan fingerprint density at radius 1 is 1.26 bits per heavy atom. The summed E-state index contributed by atoms with van der Waals surface area (Å²) < 4.78 is 20.1. The van der Waals surface area contributed by atoms with Crippen LogP contribution < -0.4 is 10.6 Å². The number of hydrogen-bond acceptors (Lipinski definition) is 4. The van der Waals surface area contributed by atoms with Gasteiger partial charge in [-0.05, 0) is 35.9 Å². The van der Waals surface area contributed by atoms with Gasteiger partial charge in [0, 0.05) is 23.4 Å². The number of aromatic nitrogens is 2. The van der Waals surface area contributed by atoms with Gasteiger partial charge in [0.15, 0.2) is 0 Å². The number of carbonyl (C=O) groups is 2. The Bertz CT molecular complexity index is 1160. The van der Waals surface area contributed by atoms with E-state index in [1.54, 1.807) is 19.2 Å². The van der Waals surface area contributed by atoms with Crippen molar-refractivity contribution in [1.82, 2.24) is 9.78 Å². The summed E-state index contributed by atoms with van der Waals surface area (Å²) in [5.74, 6) is -0.889. The smallest absolute Gasteiger partial charge is 0.251 e. The van der Waals surface area contributed by atoms with E-state index in [1.165, 1.54) is 16.8 Å². The van der Waals surface area contributed by atoms with Gasteiger partial charge in [-0.3, -0.25) is 9.59 Å². The normalized spacial score (nSPS) is 15.0. The average Bonchev–Trinajstić information content (AvgIpc) is 3.21. The highest BCUT2D eigenvalue weighted by Gasteiger charge is 2.37. The van der Waals surface area contributed by atoms with Gasteiger partial charge in [0.2, 0.25) is 5.91 Å². The highest BCUT2D eigenvalue weighted by atomic mass is 35.5. The SMILES string of the molecule is COCc1nn2c(c1-c1ccc(Cl)cc1)NC(=O)C2CC(=O)Nc1ccc(F)c(Cl)c1. The second-order valence-electron chi connectivity index (χ2n) is 6.94. The second kappa shape index (κ2) is 8.66. The van der Waals surface area contributed by atoms with Crippen molar-refractivity contribution in [1.29, 1.82) is 0 Å². The van der Waals surface area contributed by atoms with Crippen molar-refractivity contribution < 1.29 is 18.7 Å². The third-order valence-electron chi connectivity index (χ3n) is 4.82. The Balaban J connectivity index is 1.61. The molecule has 1 aliphatic rings. The Morgan fingerprint density at radius 2 is 2.00 bits per heavy atom. The van der Waals surface area contributed by atoms with Crippen LogP contribution in [0.1, 0.15) is 18.2 Å². The number of nitrogens with zero attached hydrogens (tertiary/aromatic N) is 2. The van der Waals surface area contributed by atoms with Gasteiger partial charge in [0.05, 0.1) is 23.7 Å². The number of hydrogen-bond donors (Lipinski definition) is 2. The Hall–Kier alpha value is -2.94. The van der Waals surface area contributed by atoms with Gasteiger partial charge in [-0.15, -0.1) is 0 Å². The summed E-state index contributed by atoms with van der Waals surface area (Å²) in [5.41, 5.74) is 2.47. The summed E-state index contributed by atoms with van der Waals surface area (Å²) in [7, 11) is 1.55. The molecule has 4 rings (SSSR count). The number of carbonyl (C=O) groups excluding carboxylic acids is 2. The number of anilines is 2. The Labute approximate surface area is 187 Å². The number of ether oxygens (including phenoxy) is 1. The molecule has 0 radical (unpaired) electrons. The van der Waals surface area contributed by atoms with Gasteiger partial charge in [0.1, 0.15) is 17.7 Å². The van der Waals surface area contributed by atoms with Crippen LogP contribution in [-0.2, 0) is 20.9 Å². The molecule has 2 N–H and O–H groups in total. The van der Waals surface area contributed by atoms with Gasteiger partial charge >= 0.3 is 0 Å². The van der Waals surface area contributed by atoms with E-state index < -0.39 is 17.8 Å². The van der Waals surface area contributed by atoms with Crippen molar-refractivity contribution in [2.75, 3.05) is 17.7 Å². The highest BCUT2D eigenvalue weighted by molar-refractivity contribution is 6.31. The first kappa shape index (κ1) is 21.3.